The lowest BCUT2D eigenvalue weighted by atomic mass is 9.91. The molecular weight excluding hydrogens is 1160 g/mol. The van der Waals surface area contributed by atoms with Crippen LogP contribution in [0.5, 0.6) is 0 Å². The summed E-state index contributed by atoms with van der Waals surface area (Å²) in [6.45, 7) is 51.6. The van der Waals surface area contributed by atoms with Gasteiger partial charge in [-0.25, -0.2) is 28.8 Å². The third kappa shape index (κ3) is 49.2. The van der Waals surface area contributed by atoms with Crippen LogP contribution in [0, 0.1) is 27.1 Å². The van der Waals surface area contributed by atoms with Crippen molar-refractivity contribution in [3.05, 3.63) is 61.8 Å². The minimum Gasteiger partial charge on any atom is -0.465 e. The molecule has 512 valence electrons. The summed E-state index contributed by atoms with van der Waals surface area (Å²) in [6, 6.07) is 0. The lowest BCUT2D eigenvalue weighted by Crippen LogP contribution is -2.30. The van der Waals surface area contributed by atoms with Crippen molar-refractivity contribution < 1.29 is 110 Å². The molecule has 0 heterocycles. The van der Waals surface area contributed by atoms with E-state index in [0.29, 0.717) is 48.8 Å². The molecule has 0 aromatic heterocycles. The number of rotatable bonds is 38. The Morgan fingerprint density at radius 1 is 0.326 bits per heavy atom. The van der Waals surface area contributed by atoms with Crippen molar-refractivity contribution in [1.82, 2.24) is 5.32 Å². The van der Waals surface area contributed by atoms with Gasteiger partial charge in [0.25, 0.3) is 0 Å². The van der Waals surface area contributed by atoms with Crippen molar-refractivity contribution >= 4 is 65.8 Å². The Hall–Kier alpha value is -7.37. The molecule has 0 atom stereocenters. The van der Waals surface area contributed by atoms with Crippen LogP contribution in [-0.4, -0.2) is 158 Å². The Morgan fingerprint density at radius 3 is 0.843 bits per heavy atom. The van der Waals surface area contributed by atoms with Crippen LogP contribution in [0.2, 0.25) is 0 Å². The second kappa shape index (κ2) is 50.5. The van der Waals surface area contributed by atoms with Crippen LogP contribution in [-0.2, 0) is 105 Å². The molecule has 0 saturated heterocycles. The van der Waals surface area contributed by atoms with Gasteiger partial charge in [-0.3, -0.25) is 24.0 Å². The number of hydrogen-bond acceptors (Lipinski definition) is 23. The first-order valence-corrected chi connectivity index (χ1v) is 29.6. The fourth-order valence-corrected chi connectivity index (χ4v) is 4.36. The van der Waals surface area contributed by atoms with Crippen LogP contribution in [0.25, 0.3) is 0 Å². The maximum atomic E-state index is 11.7. The van der Waals surface area contributed by atoms with E-state index >= 15 is 0 Å². The van der Waals surface area contributed by atoms with E-state index in [1.165, 1.54) is 0 Å². The molecule has 89 heavy (non-hydrogen) atoms. The molecule has 0 bridgehead atoms. The van der Waals surface area contributed by atoms with Crippen molar-refractivity contribution in [3.63, 3.8) is 0 Å². The van der Waals surface area contributed by atoms with Crippen LogP contribution in [0.3, 0.4) is 0 Å². The number of carbonyl (C=O) groups is 11. The monoisotopic (exact) mass is 1270 g/mol. The summed E-state index contributed by atoms with van der Waals surface area (Å²) < 4.78 is 59.0. The lowest BCUT2D eigenvalue weighted by molar-refractivity contribution is -0.158. The predicted molar refractivity (Wildman–Crippen MR) is 334 cm³/mol. The third-order valence-corrected chi connectivity index (χ3v) is 12.7. The number of hydrogen-bond donors (Lipinski definition) is 1. The lowest BCUT2D eigenvalue weighted by Gasteiger charge is -2.20. The zero-order valence-electron chi connectivity index (χ0n) is 56.9. The zero-order chi connectivity index (χ0) is 70.0. The molecule has 0 aromatic rings. The summed E-state index contributed by atoms with van der Waals surface area (Å²) in [4.78, 5) is 123. The van der Waals surface area contributed by atoms with E-state index < -0.39 is 63.0 Å². The van der Waals surface area contributed by atoms with Crippen LogP contribution < -0.4 is 5.32 Å². The van der Waals surface area contributed by atoms with E-state index in [9.17, 15) is 52.7 Å². The zero-order valence-corrected chi connectivity index (χ0v) is 56.9. The van der Waals surface area contributed by atoms with Gasteiger partial charge in [-0.2, -0.15) is 0 Å². The van der Waals surface area contributed by atoms with E-state index in [2.05, 4.69) is 42.9 Å². The number of nitrogens with one attached hydrogen (secondary N) is 1. The maximum Gasteiger partial charge on any atom is 0.407 e. The highest BCUT2D eigenvalue weighted by molar-refractivity contribution is 5.88. The van der Waals surface area contributed by atoms with Crippen LogP contribution in [0.4, 0.5) is 4.79 Å². The molecule has 0 rings (SSSR count). The number of ether oxygens (including phenoxy) is 12. The summed E-state index contributed by atoms with van der Waals surface area (Å²) in [5.74, 6) is -3.62. The molecular formula is C65H109NO23. The Balaban J connectivity index is -0.000000335. The largest absolute Gasteiger partial charge is 0.465 e. The van der Waals surface area contributed by atoms with Crippen LogP contribution in [0.1, 0.15) is 170 Å². The molecule has 24 nitrogen and oxygen atoms in total. The quantitative estimate of drug-likeness (QED) is 0.0260. The molecule has 0 fully saturated rings. The average Bonchev–Trinajstić information content (AvgIpc) is 3.49. The highest BCUT2D eigenvalue weighted by atomic mass is 16.6. The topological polar surface area (TPSA) is 311 Å². The number of alkyl carbamates (subject to hydrolysis) is 1. The standard InChI is InChI=1S/C17H29NO7.C13H22O4.2C12H20O4.C11H18O4/c1-6-17(4,5)15(20)24-11-12-25-16(21)18-7-8-22-9-10-23-14(19)13(2)3;1-6-13(4,5)12(15)17-9-7-8-16-11(14)10(2)3;1-6-12(4,5)11(14)16-8-7-15-10(13)9(2)3;1-5-10(13)15-8-7-9-16-11(14)12(3,4)6-2;1-5-9(12)14-7-8-15-10(13)11(3,4)6-2/h2,6-12H2,1,3-5H3,(H,18,21);2,6-9H2,1,3-5H3;2,6-8H2,1,3-5H3;5H,1,6-9H2,2-4H3;5H,1,6-8H2,2-4H3. The molecule has 0 aliphatic heterocycles. The Morgan fingerprint density at radius 2 is 0.551 bits per heavy atom. The second-order valence-electron chi connectivity index (χ2n) is 22.7. The van der Waals surface area contributed by atoms with Gasteiger partial charge in [0.05, 0.1) is 66.7 Å². The smallest absolute Gasteiger partial charge is 0.407 e. The van der Waals surface area contributed by atoms with Gasteiger partial charge in [-0.1, -0.05) is 67.5 Å². The summed E-state index contributed by atoms with van der Waals surface area (Å²) in [6.07, 6.45) is 6.10. The molecule has 0 spiro atoms. The molecule has 1 N–H and O–H groups in total. The minimum atomic E-state index is -0.622. The average molecular weight is 1270 g/mol. The van der Waals surface area contributed by atoms with Crippen LogP contribution >= 0.6 is 0 Å². The van der Waals surface area contributed by atoms with E-state index in [0.717, 1.165) is 25.0 Å². The molecule has 0 unspecified atom stereocenters. The van der Waals surface area contributed by atoms with Crippen molar-refractivity contribution in [2.45, 2.75) is 170 Å². The first kappa shape index (κ1) is 90.4. The molecule has 24 heteroatoms. The predicted octanol–water partition coefficient (Wildman–Crippen LogP) is 10.2. The number of amides is 1. The summed E-state index contributed by atoms with van der Waals surface area (Å²) >= 11 is 0. The molecule has 1 amide bonds. The Bertz CT molecular complexity index is 2240. The third-order valence-electron chi connectivity index (χ3n) is 12.7. The molecule has 0 aliphatic rings. The minimum absolute atomic E-state index is 0.0142. The van der Waals surface area contributed by atoms with Gasteiger partial charge < -0.3 is 62.2 Å². The summed E-state index contributed by atoms with van der Waals surface area (Å²) in [7, 11) is 0. The molecule has 0 radical (unpaired) electrons. The van der Waals surface area contributed by atoms with Crippen LogP contribution in [0.15, 0.2) is 61.8 Å². The van der Waals surface area contributed by atoms with Crippen molar-refractivity contribution in [2.75, 3.05) is 92.4 Å². The fourth-order valence-electron chi connectivity index (χ4n) is 4.36. The van der Waals surface area contributed by atoms with Crippen molar-refractivity contribution in [2.24, 2.45) is 27.1 Å². The van der Waals surface area contributed by atoms with Gasteiger partial charge in [-0.05, 0) is 122 Å². The van der Waals surface area contributed by atoms with E-state index in [1.54, 1.807) is 34.6 Å². The van der Waals surface area contributed by atoms with E-state index in [4.69, 9.17) is 52.1 Å². The van der Waals surface area contributed by atoms with Crippen molar-refractivity contribution in [3.8, 4) is 0 Å². The van der Waals surface area contributed by atoms with E-state index in [1.807, 2.05) is 90.0 Å². The molecule has 0 aliphatic carbocycles. The SMILES string of the molecule is C=C(C)C(=O)OCCCOC(=O)C(C)(C)CC.C=C(C)C(=O)OCCOC(=O)C(C)(C)CC.C=C(C)C(=O)OCCOCCNC(=O)OCCOC(=O)C(C)(C)CC.C=CC(=O)OCCCOC(=O)C(C)(C)CC.C=CC(=O)OCCOC(=O)C(C)(C)CC. The first-order valence-electron chi connectivity index (χ1n) is 29.6. The Labute approximate surface area is 529 Å². The van der Waals surface area contributed by atoms with E-state index in [-0.39, 0.29) is 122 Å². The maximum absolute atomic E-state index is 11.7. The second-order valence-corrected chi connectivity index (χ2v) is 22.7. The number of esters is 10. The van der Waals surface area contributed by atoms with Crippen molar-refractivity contribution in [1.29, 1.82) is 0 Å². The highest BCUT2D eigenvalue weighted by Gasteiger charge is 2.30. The van der Waals surface area contributed by atoms with Gasteiger partial charge in [0, 0.05) is 48.3 Å². The normalized spacial score (nSPS) is 10.7. The summed E-state index contributed by atoms with van der Waals surface area (Å²) in [5, 5.41) is 2.48. The number of carbonyl (C=O) groups excluding carboxylic acids is 11. The van der Waals surface area contributed by atoms with Gasteiger partial charge in [0.2, 0.25) is 0 Å². The molecule has 0 aromatic carbocycles. The fraction of sp³-hybridized carbons (Fsp3) is 0.677. The van der Waals surface area contributed by atoms with Gasteiger partial charge in [-0.15, -0.1) is 0 Å². The van der Waals surface area contributed by atoms with Gasteiger partial charge in [0.1, 0.15) is 46.2 Å². The highest BCUT2D eigenvalue weighted by Crippen LogP contribution is 2.24. The van der Waals surface area contributed by atoms with Gasteiger partial charge in [0.15, 0.2) is 0 Å². The Kier molecular flexibility index (Phi) is 51.3. The first-order chi connectivity index (χ1) is 41.2. The summed E-state index contributed by atoms with van der Waals surface area (Å²) in [5.41, 5.74) is -1.38. The van der Waals surface area contributed by atoms with Gasteiger partial charge >= 0.3 is 65.8 Å². The molecule has 0 saturated carbocycles.